The lowest BCUT2D eigenvalue weighted by Crippen LogP contribution is -2.30. The van der Waals surface area contributed by atoms with E-state index in [1.807, 2.05) is 0 Å². The van der Waals surface area contributed by atoms with Crippen LogP contribution in [0.1, 0.15) is 16.3 Å². The highest BCUT2D eigenvalue weighted by atomic mass is 16.4. The van der Waals surface area contributed by atoms with Crippen molar-refractivity contribution >= 4 is 11.9 Å². The molecule has 0 aliphatic heterocycles. The van der Waals surface area contributed by atoms with Gasteiger partial charge >= 0.3 is 5.97 Å². The van der Waals surface area contributed by atoms with E-state index in [0.29, 0.717) is 12.4 Å². The quantitative estimate of drug-likeness (QED) is 0.787. The number of aromatic nitrogens is 4. The van der Waals surface area contributed by atoms with Gasteiger partial charge in [0.1, 0.15) is 24.4 Å². The number of hydrogen-bond donors (Lipinski definition) is 2. The third-order valence-corrected chi connectivity index (χ3v) is 2.63. The number of rotatable bonds is 5. The number of carbonyl (C=O) groups is 2. The normalized spacial score (nSPS) is 10.4. The van der Waals surface area contributed by atoms with Gasteiger partial charge in [-0.25, -0.2) is 9.78 Å². The molecule has 8 heteroatoms. The summed E-state index contributed by atoms with van der Waals surface area (Å²) in [6.07, 6.45) is 2.92. The Morgan fingerprint density at radius 3 is 2.95 bits per heavy atom. The van der Waals surface area contributed by atoms with E-state index in [2.05, 4.69) is 15.2 Å². The molecule has 0 atom stereocenters. The molecule has 2 heterocycles. The summed E-state index contributed by atoms with van der Waals surface area (Å²) in [5.74, 6) is -0.701. The third kappa shape index (κ3) is 2.97. The third-order valence-electron chi connectivity index (χ3n) is 2.63. The van der Waals surface area contributed by atoms with Crippen LogP contribution in [0.3, 0.4) is 0 Å². The van der Waals surface area contributed by atoms with Crippen LogP contribution in [0.2, 0.25) is 0 Å². The molecular formula is C11H13N5O3. The second-order valence-electron chi connectivity index (χ2n) is 4.01. The molecule has 0 fully saturated rings. The Labute approximate surface area is 108 Å². The number of carboxylic acids is 1. The lowest BCUT2D eigenvalue weighted by molar-refractivity contribution is -0.131. The van der Waals surface area contributed by atoms with Gasteiger partial charge in [-0.05, 0) is 12.1 Å². The van der Waals surface area contributed by atoms with Gasteiger partial charge in [0.2, 0.25) is 5.91 Å². The number of amides is 1. The van der Waals surface area contributed by atoms with Gasteiger partial charge in [-0.15, -0.1) is 0 Å². The standard InChI is InChI=1S/C11H13N5O3/c1-15(5-9-12-7-13-14-9)10(17)6-16-4-2-3-8(16)11(18)19/h2-4,7H,5-6H2,1H3,(H,18,19)(H,12,13,14). The van der Waals surface area contributed by atoms with Gasteiger partial charge in [0.05, 0.1) is 6.54 Å². The van der Waals surface area contributed by atoms with Crippen LogP contribution in [0.5, 0.6) is 0 Å². The van der Waals surface area contributed by atoms with Crippen molar-refractivity contribution in [2.24, 2.45) is 0 Å². The van der Waals surface area contributed by atoms with Gasteiger partial charge < -0.3 is 14.6 Å². The maximum Gasteiger partial charge on any atom is 0.352 e. The Morgan fingerprint density at radius 1 is 1.53 bits per heavy atom. The molecule has 19 heavy (non-hydrogen) atoms. The monoisotopic (exact) mass is 263 g/mol. The molecule has 0 saturated heterocycles. The number of nitrogens with one attached hydrogen (secondary N) is 1. The predicted octanol–water partition coefficient (Wildman–Crippen LogP) is -0.0370. The van der Waals surface area contributed by atoms with Crippen molar-refractivity contribution in [3.8, 4) is 0 Å². The van der Waals surface area contributed by atoms with Crippen LogP contribution in [0.15, 0.2) is 24.7 Å². The molecule has 0 bridgehead atoms. The van der Waals surface area contributed by atoms with E-state index >= 15 is 0 Å². The number of nitrogens with zero attached hydrogens (tertiary/aromatic N) is 4. The number of H-pyrrole nitrogens is 1. The van der Waals surface area contributed by atoms with Crippen molar-refractivity contribution in [1.29, 1.82) is 0 Å². The second-order valence-corrected chi connectivity index (χ2v) is 4.01. The fourth-order valence-electron chi connectivity index (χ4n) is 1.63. The van der Waals surface area contributed by atoms with Gasteiger partial charge in [0, 0.05) is 13.2 Å². The lowest BCUT2D eigenvalue weighted by Gasteiger charge is -2.16. The van der Waals surface area contributed by atoms with Crippen LogP contribution in [-0.2, 0) is 17.9 Å². The molecule has 100 valence electrons. The maximum atomic E-state index is 12.0. The van der Waals surface area contributed by atoms with Crippen molar-refractivity contribution in [3.05, 3.63) is 36.2 Å². The molecule has 2 aromatic heterocycles. The maximum absolute atomic E-state index is 12.0. The summed E-state index contributed by atoms with van der Waals surface area (Å²) >= 11 is 0. The van der Waals surface area contributed by atoms with E-state index in [-0.39, 0.29) is 18.1 Å². The molecule has 0 spiro atoms. The van der Waals surface area contributed by atoms with Gasteiger partial charge in [0.15, 0.2) is 0 Å². The number of carboxylic acid groups (broad SMARTS) is 1. The smallest absolute Gasteiger partial charge is 0.352 e. The van der Waals surface area contributed by atoms with Crippen LogP contribution in [-0.4, -0.2) is 48.7 Å². The predicted molar refractivity (Wildman–Crippen MR) is 64.2 cm³/mol. The van der Waals surface area contributed by atoms with Gasteiger partial charge in [-0.1, -0.05) is 0 Å². The Kier molecular flexibility index (Phi) is 3.60. The average molecular weight is 263 g/mol. The highest BCUT2D eigenvalue weighted by Gasteiger charge is 2.15. The first-order valence-electron chi connectivity index (χ1n) is 5.54. The first-order chi connectivity index (χ1) is 9.08. The SMILES string of the molecule is CN(Cc1ncn[nH]1)C(=O)Cn1cccc1C(=O)O. The summed E-state index contributed by atoms with van der Waals surface area (Å²) in [6, 6.07) is 3.04. The topological polar surface area (TPSA) is 104 Å². The van der Waals surface area contributed by atoms with Crippen molar-refractivity contribution in [1.82, 2.24) is 24.6 Å². The minimum Gasteiger partial charge on any atom is -0.477 e. The summed E-state index contributed by atoms with van der Waals surface area (Å²) in [5, 5.41) is 15.3. The minimum absolute atomic E-state index is 0.0285. The molecule has 0 aliphatic carbocycles. The summed E-state index contributed by atoms with van der Waals surface area (Å²) in [5.41, 5.74) is 0.0846. The largest absolute Gasteiger partial charge is 0.477 e. The van der Waals surface area contributed by atoms with E-state index in [4.69, 9.17) is 5.11 Å². The van der Waals surface area contributed by atoms with Crippen LogP contribution in [0, 0.1) is 0 Å². The Morgan fingerprint density at radius 2 is 2.32 bits per heavy atom. The molecule has 1 amide bonds. The molecule has 0 aromatic carbocycles. The van der Waals surface area contributed by atoms with Crippen LogP contribution >= 0.6 is 0 Å². The fraction of sp³-hybridized carbons (Fsp3) is 0.273. The van der Waals surface area contributed by atoms with Gasteiger partial charge in [-0.2, -0.15) is 5.10 Å². The van der Waals surface area contributed by atoms with Crippen LogP contribution in [0.25, 0.3) is 0 Å². The van der Waals surface area contributed by atoms with E-state index in [0.717, 1.165) is 0 Å². The van der Waals surface area contributed by atoms with Gasteiger partial charge in [0.25, 0.3) is 0 Å². The van der Waals surface area contributed by atoms with Crippen LogP contribution in [0.4, 0.5) is 0 Å². The number of aromatic carboxylic acids is 1. The molecule has 0 radical (unpaired) electrons. The van der Waals surface area contributed by atoms with E-state index in [1.54, 1.807) is 19.3 Å². The summed E-state index contributed by atoms with van der Waals surface area (Å²) in [6.45, 7) is 0.266. The van der Waals surface area contributed by atoms with E-state index in [9.17, 15) is 9.59 Å². The van der Waals surface area contributed by atoms with Crippen molar-refractivity contribution in [3.63, 3.8) is 0 Å². The van der Waals surface area contributed by atoms with Crippen LogP contribution < -0.4 is 0 Å². The fourth-order valence-corrected chi connectivity index (χ4v) is 1.63. The summed E-state index contributed by atoms with van der Waals surface area (Å²) < 4.78 is 1.39. The van der Waals surface area contributed by atoms with Gasteiger partial charge in [-0.3, -0.25) is 9.89 Å². The van der Waals surface area contributed by atoms with Crippen molar-refractivity contribution in [2.75, 3.05) is 7.05 Å². The van der Waals surface area contributed by atoms with E-state index < -0.39 is 5.97 Å². The summed E-state index contributed by atoms with van der Waals surface area (Å²) in [4.78, 5) is 28.3. The average Bonchev–Trinajstić information content (AvgIpc) is 2.99. The van der Waals surface area contributed by atoms with Crippen molar-refractivity contribution in [2.45, 2.75) is 13.1 Å². The Balaban J connectivity index is 2.00. The first kappa shape index (κ1) is 12.8. The molecular weight excluding hydrogens is 250 g/mol. The number of likely N-dealkylation sites (N-methyl/N-ethyl adjacent to an activating group) is 1. The second kappa shape index (κ2) is 5.34. The first-order valence-corrected chi connectivity index (χ1v) is 5.54. The minimum atomic E-state index is -1.06. The zero-order valence-electron chi connectivity index (χ0n) is 10.3. The van der Waals surface area contributed by atoms with Crippen molar-refractivity contribution < 1.29 is 14.7 Å². The molecule has 0 unspecified atom stereocenters. The molecule has 2 N–H and O–H groups in total. The molecule has 0 aliphatic rings. The highest BCUT2D eigenvalue weighted by molar-refractivity contribution is 5.86. The Hall–Kier alpha value is -2.64. The number of aromatic amines is 1. The van der Waals surface area contributed by atoms with E-state index in [1.165, 1.54) is 21.9 Å². The zero-order valence-corrected chi connectivity index (χ0v) is 10.3. The molecule has 2 aromatic rings. The number of carbonyl (C=O) groups excluding carboxylic acids is 1. The highest BCUT2D eigenvalue weighted by Crippen LogP contribution is 2.04. The summed E-state index contributed by atoms with van der Waals surface area (Å²) in [7, 11) is 1.62. The lowest BCUT2D eigenvalue weighted by atomic mass is 10.4. The number of hydrogen-bond acceptors (Lipinski definition) is 4. The molecule has 0 saturated carbocycles. The zero-order chi connectivity index (χ0) is 13.8. The molecule has 8 nitrogen and oxygen atoms in total. The Bertz CT molecular complexity index is 575. The molecule has 2 rings (SSSR count).